The zero-order chi connectivity index (χ0) is 17.3. The zero-order valence-electron chi connectivity index (χ0n) is 16.6. The van der Waals surface area contributed by atoms with Crippen molar-refractivity contribution in [2.75, 3.05) is 45.9 Å². The SMILES string of the molecule is CCN=C(NC1C2CCOC2C1(C)C)N1CCN(CC(C)C)CC1.I. The van der Waals surface area contributed by atoms with Crippen molar-refractivity contribution in [2.24, 2.45) is 22.2 Å². The van der Waals surface area contributed by atoms with Gasteiger partial charge >= 0.3 is 0 Å². The van der Waals surface area contributed by atoms with E-state index < -0.39 is 0 Å². The van der Waals surface area contributed by atoms with Crippen LogP contribution < -0.4 is 5.32 Å². The molecule has 1 aliphatic carbocycles. The number of guanidine groups is 1. The first kappa shape index (κ1) is 21.2. The fraction of sp³-hybridized carbons (Fsp3) is 0.947. The summed E-state index contributed by atoms with van der Waals surface area (Å²) in [7, 11) is 0. The number of fused-ring (bicyclic) bond motifs is 1. The van der Waals surface area contributed by atoms with E-state index in [1.54, 1.807) is 0 Å². The summed E-state index contributed by atoms with van der Waals surface area (Å²) in [5.41, 5.74) is 0.204. The van der Waals surface area contributed by atoms with Crippen LogP contribution in [0.3, 0.4) is 0 Å². The molecule has 0 radical (unpaired) electrons. The first-order valence-electron chi connectivity index (χ1n) is 9.83. The predicted octanol–water partition coefficient (Wildman–Crippen LogP) is 2.66. The molecule has 0 aromatic heterocycles. The van der Waals surface area contributed by atoms with E-state index >= 15 is 0 Å². The van der Waals surface area contributed by atoms with Crippen LogP contribution in [0.2, 0.25) is 0 Å². The predicted molar refractivity (Wildman–Crippen MR) is 115 cm³/mol. The van der Waals surface area contributed by atoms with Gasteiger partial charge in [0.2, 0.25) is 0 Å². The summed E-state index contributed by atoms with van der Waals surface area (Å²) >= 11 is 0. The summed E-state index contributed by atoms with van der Waals surface area (Å²) in [5, 5.41) is 3.82. The highest BCUT2D eigenvalue weighted by Gasteiger charge is 2.59. The van der Waals surface area contributed by atoms with Crippen molar-refractivity contribution in [1.82, 2.24) is 15.1 Å². The summed E-state index contributed by atoms with van der Waals surface area (Å²) < 4.78 is 5.94. The van der Waals surface area contributed by atoms with Gasteiger partial charge in [-0.05, 0) is 19.3 Å². The van der Waals surface area contributed by atoms with Crippen molar-refractivity contribution >= 4 is 29.9 Å². The van der Waals surface area contributed by atoms with E-state index in [0.29, 0.717) is 18.1 Å². The average molecular weight is 464 g/mol. The number of nitrogens with one attached hydrogen (secondary N) is 1. The molecular formula is C19H37IN4O. The van der Waals surface area contributed by atoms with Crippen molar-refractivity contribution in [1.29, 1.82) is 0 Å². The smallest absolute Gasteiger partial charge is 0.194 e. The van der Waals surface area contributed by atoms with Gasteiger partial charge in [0.15, 0.2) is 5.96 Å². The van der Waals surface area contributed by atoms with Crippen LogP contribution in [0.15, 0.2) is 4.99 Å². The Hall–Kier alpha value is -0.0800. The lowest BCUT2D eigenvalue weighted by Gasteiger charge is -2.55. The number of aliphatic imine (C=N–C) groups is 1. The molecule has 2 heterocycles. The second kappa shape index (κ2) is 8.74. The summed E-state index contributed by atoms with van der Waals surface area (Å²) in [6.45, 7) is 18.8. The Bertz CT molecular complexity index is 460. The quantitative estimate of drug-likeness (QED) is 0.395. The second-order valence-corrected chi connectivity index (χ2v) is 8.67. The van der Waals surface area contributed by atoms with E-state index in [4.69, 9.17) is 9.73 Å². The molecule has 0 aromatic rings. The number of halogens is 1. The highest BCUT2D eigenvalue weighted by atomic mass is 127. The molecule has 0 amide bonds. The van der Waals surface area contributed by atoms with Crippen molar-refractivity contribution < 1.29 is 4.74 Å². The summed E-state index contributed by atoms with van der Waals surface area (Å²) in [6, 6.07) is 0.490. The van der Waals surface area contributed by atoms with Gasteiger partial charge < -0.3 is 15.0 Å². The van der Waals surface area contributed by atoms with E-state index in [0.717, 1.165) is 51.2 Å². The van der Waals surface area contributed by atoms with E-state index in [1.807, 2.05) is 0 Å². The van der Waals surface area contributed by atoms with Gasteiger partial charge in [0.25, 0.3) is 0 Å². The number of piperazine rings is 1. The van der Waals surface area contributed by atoms with Gasteiger partial charge in [-0.1, -0.05) is 27.7 Å². The maximum atomic E-state index is 5.94. The molecule has 1 saturated carbocycles. The van der Waals surface area contributed by atoms with Gasteiger partial charge in [-0.15, -0.1) is 24.0 Å². The lowest BCUT2D eigenvalue weighted by Crippen LogP contribution is -2.68. The van der Waals surface area contributed by atoms with Crippen LogP contribution in [-0.2, 0) is 4.74 Å². The van der Waals surface area contributed by atoms with E-state index in [-0.39, 0.29) is 29.4 Å². The highest BCUT2D eigenvalue weighted by molar-refractivity contribution is 14.0. The third-order valence-corrected chi connectivity index (χ3v) is 5.99. The molecule has 25 heavy (non-hydrogen) atoms. The molecule has 146 valence electrons. The van der Waals surface area contributed by atoms with E-state index in [2.05, 4.69) is 49.7 Å². The van der Waals surface area contributed by atoms with Gasteiger partial charge in [0.1, 0.15) is 0 Å². The monoisotopic (exact) mass is 464 g/mol. The number of hydrogen-bond donors (Lipinski definition) is 1. The van der Waals surface area contributed by atoms with Crippen LogP contribution >= 0.6 is 24.0 Å². The minimum atomic E-state index is 0. The van der Waals surface area contributed by atoms with E-state index in [1.165, 1.54) is 13.0 Å². The Morgan fingerprint density at radius 1 is 1.24 bits per heavy atom. The molecule has 0 aromatic carbocycles. The lowest BCUT2D eigenvalue weighted by molar-refractivity contribution is -0.107. The fourth-order valence-corrected chi connectivity index (χ4v) is 4.80. The minimum Gasteiger partial charge on any atom is -0.377 e. The van der Waals surface area contributed by atoms with Crippen LogP contribution in [0.25, 0.3) is 0 Å². The topological polar surface area (TPSA) is 40.1 Å². The standard InChI is InChI=1S/C19H36N4O.HI/c1-6-20-18(23-10-8-22(9-11-23)13-14(2)3)21-16-15-7-12-24-17(15)19(16,4)5;/h14-17H,6-13H2,1-5H3,(H,20,21);1H. The normalized spacial score (nSPS) is 32.2. The average Bonchev–Trinajstić information content (AvgIpc) is 2.98. The fourth-order valence-electron chi connectivity index (χ4n) is 4.80. The van der Waals surface area contributed by atoms with Crippen molar-refractivity contribution in [3.05, 3.63) is 0 Å². The molecule has 6 heteroatoms. The lowest BCUT2D eigenvalue weighted by atomic mass is 9.57. The maximum Gasteiger partial charge on any atom is 0.194 e. The summed E-state index contributed by atoms with van der Waals surface area (Å²) in [5.74, 6) is 2.52. The Kier molecular flexibility index (Phi) is 7.42. The highest BCUT2D eigenvalue weighted by Crippen LogP contribution is 2.52. The van der Waals surface area contributed by atoms with Crippen molar-refractivity contribution in [3.63, 3.8) is 0 Å². The Morgan fingerprint density at radius 2 is 1.92 bits per heavy atom. The van der Waals surface area contributed by atoms with Crippen LogP contribution in [0, 0.1) is 17.3 Å². The first-order chi connectivity index (χ1) is 11.4. The minimum absolute atomic E-state index is 0. The van der Waals surface area contributed by atoms with Gasteiger partial charge in [-0.25, -0.2) is 0 Å². The molecule has 5 nitrogen and oxygen atoms in total. The van der Waals surface area contributed by atoms with Gasteiger partial charge in [-0.3, -0.25) is 9.89 Å². The molecule has 3 unspecified atom stereocenters. The van der Waals surface area contributed by atoms with Gasteiger partial charge in [-0.2, -0.15) is 0 Å². The zero-order valence-corrected chi connectivity index (χ0v) is 19.0. The molecule has 3 atom stereocenters. The Balaban J connectivity index is 0.00000225. The van der Waals surface area contributed by atoms with Crippen LogP contribution in [0.1, 0.15) is 41.0 Å². The van der Waals surface area contributed by atoms with Crippen molar-refractivity contribution in [2.45, 2.75) is 53.2 Å². The Morgan fingerprint density at radius 3 is 2.52 bits per heavy atom. The summed E-state index contributed by atoms with van der Waals surface area (Å²) in [4.78, 5) is 9.85. The first-order valence-corrected chi connectivity index (χ1v) is 9.83. The molecular weight excluding hydrogens is 427 g/mol. The molecule has 2 saturated heterocycles. The Labute approximate surface area is 171 Å². The van der Waals surface area contributed by atoms with Gasteiger partial charge in [0, 0.05) is 63.3 Å². The maximum absolute atomic E-state index is 5.94. The second-order valence-electron chi connectivity index (χ2n) is 8.67. The number of hydrogen-bond acceptors (Lipinski definition) is 3. The number of rotatable bonds is 4. The molecule has 3 rings (SSSR count). The van der Waals surface area contributed by atoms with Crippen LogP contribution in [0.4, 0.5) is 0 Å². The summed E-state index contributed by atoms with van der Waals surface area (Å²) in [6.07, 6.45) is 1.62. The molecule has 0 bridgehead atoms. The van der Waals surface area contributed by atoms with Crippen molar-refractivity contribution in [3.8, 4) is 0 Å². The third-order valence-electron chi connectivity index (χ3n) is 5.99. The number of ether oxygens (including phenoxy) is 1. The molecule has 1 N–H and O–H groups in total. The van der Waals surface area contributed by atoms with Crippen LogP contribution in [0.5, 0.6) is 0 Å². The van der Waals surface area contributed by atoms with Crippen LogP contribution in [-0.4, -0.2) is 73.8 Å². The molecule has 3 aliphatic rings. The molecule has 0 spiro atoms. The van der Waals surface area contributed by atoms with Gasteiger partial charge in [0.05, 0.1) is 6.10 Å². The van der Waals surface area contributed by atoms with E-state index in [9.17, 15) is 0 Å². The largest absolute Gasteiger partial charge is 0.377 e. The molecule has 2 aliphatic heterocycles. The molecule has 3 fully saturated rings. The third kappa shape index (κ3) is 4.43. The number of nitrogens with zero attached hydrogens (tertiary/aromatic N) is 3.